The summed E-state index contributed by atoms with van der Waals surface area (Å²) in [6.45, 7) is 27.4. The predicted molar refractivity (Wildman–Crippen MR) is 269 cm³/mol. The smallest absolute Gasteiger partial charge is 1.00 e. The molecule has 62 heavy (non-hydrogen) atoms. The van der Waals surface area contributed by atoms with Gasteiger partial charge in [0.25, 0.3) is 0 Å². The van der Waals surface area contributed by atoms with Gasteiger partial charge in [-0.25, -0.2) is 0 Å². The number of hydrogen-bond donors (Lipinski definition) is 0. The van der Waals surface area contributed by atoms with Gasteiger partial charge < -0.3 is 24.8 Å². The third kappa shape index (κ3) is 16.9. The van der Waals surface area contributed by atoms with Gasteiger partial charge in [-0.1, -0.05) is 120 Å². The van der Waals surface area contributed by atoms with E-state index in [-0.39, 0.29) is 84.1 Å². The van der Waals surface area contributed by atoms with Crippen molar-refractivity contribution in [3.05, 3.63) is 156 Å². The number of halogens is 2. The summed E-state index contributed by atoms with van der Waals surface area (Å²) in [5.74, 6) is 3.20. The molecule has 0 heterocycles. The number of benzene rings is 4. The summed E-state index contributed by atoms with van der Waals surface area (Å²) in [5.41, 5.74) is 5.48. The van der Waals surface area contributed by atoms with Crippen molar-refractivity contribution in [2.75, 3.05) is 24.6 Å². The van der Waals surface area contributed by atoms with E-state index in [0.29, 0.717) is 0 Å². The summed E-state index contributed by atoms with van der Waals surface area (Å²) in [6.07, 6.45) is 5.46. The number of rotatable bonds is 10. The molecular weight excluding hydrogens is 901 g/mol. The summed E-state index contributed by atoms with van der Waals surface area (Å²) in [6, 6.07) is 48.8. The monoisotopic (exact) mass is 970 g/mol. The average molecular weight is 972 g/mol. The van der Waals surface area contributed by atoms with Gasteiger partial charge in [-0.3, -0.25) is 0 Å². The van der Waals surface area contributed by atoms with Crippen LogP contribution in [-0.4, -0.2) is 24.6 Å². The molecule has 0 saturated heterocycles. The van der Waals surface area contributed by atoms with Gasteiger partial charge in [0.15, 0.2) is 0 Å². The van der Waals surface area contributed by atoms with Crippen LogP contribution in [-0.2, 0) is 43.4 Å². The summed E-state index contributed by atoms with van der Waals surface area (Å²) >= 11 is 0. The van der Waals surface area contributed by atoms with Crippen molar-refractivity contribution in [3.8, 4) is 0 Å². The Bertz CT molecular complexity index is 2130. The molecule has 0 saturated carbocycles. The van der Waals surface area contributed by atoms with Crippen molar-refractivity contribution in [2.45, 2.75) is 83.1 Å². The van der Waals surface area contributed by atoms with E-state index in [4.69, 9.17) is 0 Å². The number of hydrogen-bond acceptors (Lipinski definition) is 0. The molecule has 0 aliphatic heterocycles. The first-order valence-corrected chi connectivity index (χ1v) is 25.2. The van der Waals surface area contributed by atoms with Gasteiger partial charge in [0.05, 0.1) is 0 Å². The molecule has 0 spiro atoms. The minimum absolute atomic E-state index is 0. The Morgan fingerprint density at radius 2 is 0.726 bits per heavy atom. The molecule has 0 fully saturated rings. The fourth-order valence-electron chi connectivity index (χ4n) is 8.04. The zero-order valence-electron chi connectivity index (χ0n) is 39.5. The van der Waals surface area contributed by atoms with Crippen LogP contribution in [0.5, 0.6) is 0 Å². The topological polar surface area (TPSA) is 0 Å². The fourth-order valence-corrected chi connectivity index (χ4v) is 14.0. The standard InChI is InChI=1S/2C17H24P.2C11H11.2ClH.2Ti/c2*1-13(2)11-18(12-14(3)4)17-9-15-7-5-6-8-16(15)10-17;2*1-8-6-7-9(2)11-5-3-4-10(8)11;;;;/h2*5-10,13-14H,11-12H2,1-4H3;2*3-7H,1-2H3;2*1H;;/q4*-1;;;2*+2/p-2. The normalized spacial score (nSPS) is 10.9. The summed E-state index contributed by atoms with van der Waals surface area (Å²) in [7, 11) is 0.0370. The average Bonchev–Trinajstić information content (AvgIpc) is 4.00. The van der Waals surface area contributed by atoms with Crippen LogP contribution in [0, 0.1) is 51.4 Å². The van der Waals surface area contributed by atoms with Gasteiger partial charge in [-0.2, -0.15) is 36.4 Å². The third-order valence-corrected chi connectivity index (χ3v) is 17.4. The largest absolute Gasteiger partial charge is 2.00 e. The van der Waals surface area contributed by atoms with Crippen LogP contribution in [0.2, 0.25) is 0 Å². The minimum Gasteiger partial charge on any atom is -1.00 e. The van der Waals surface area contributed by atoms with Crippen molar-refractivity contribution in [1.29, 1.82) is 0 Å². The van der Waals surface area contributed by atoms with Crippen molar-refractivity contribution in [3.63, 3.8) is 0 Å². The quantitative estimate of drug-likeness (QED) is 0.0728. The van der Waals surface area contributed by atoms with Crippen LogP contribution in [0.4, 0.5) is 0 Å². The minimum atomic E-state index is 0. The van der Waals surface area contributed by atoms with Gasteiger partial charge in [0, 0.05) is 0 Å². The molecule has 8 aromatic rings. The zero-order chi connectivity index (χ0) is 41.9. The molecule has 0 aliphatic rings. The molecule has 0 radical (unpaired) electrons. The van der Waals surface area contributed by atoms with Crippen LogP contribution >= 0.6 is 15.8 Å². The van der Waals surface area contributed by atoms with E-state index >= 15 is 0 Å². The van der Waals surface area contributed by atoms with Crippen LogP contribution in [0.15, 0.2) is 133 Å². The summed E-state index contributed by atoms with van der Waals surface area (Å²) in [5, 5.41) is 14.4. The van der Waals surface area contributed by atoms with Gasteiger partial charge in [-0.15, -0.1) is 138 Å². The Labute approximate surface area is 421 Å². The van der Waals surface area contributed by atoms with Crippen molar-refractivity contribution >= 4 is 69.5 Å². The van der Waals surface area contributed by atoms with E-state index in [9.17, 15) is 0 Å². The maximum Gasteiger partial charge on any atom is 2.00 e. The van der Waals surface area contributed by atoms with Gasteiger partial charge in [0.1, 0.15) is 0 Å². The zero-order valence-corrected chi connectivity index (χ0v) is 45.9. The van der Waals surface area contributed by atoms with Crippen LogP contribution in [0.3, 0.4) is 0 Å². The molecule has 0 amide bonds. The van der Waals surface area contributed by atoms with Gasteiger partial charge in [0.2, 0.25) is 0 Å². The Morgan fingerprint density at radius 1 is 0.419 bits per heavy atom. The van der Waals surface area contributed by atoms with E-state index in [0.717, 1.165) is 23.7 Å². The fraction of sp³-hybridized carbons (Fsp3) is 0.357. The Balaban J connectivity index is 0.000000414. The molecule has 0 aromatic heterocycles. The van der Waals surface area contributed by atoms with E-state index < -0.39 is 0 Å². The van der Waals surface area contributed by atoms with Crippen LogP contribution in [0.1, 0.15) is 77.6 Å². The Morgan fingerprint density at radius 3 is 1.02 bits per heavy atom. The molecule has 8 rings (SSSR count). The number of aryl methyl sites for hydroxylation is 4. The molecule has 0 unspecified atom stereocenters. The van der Waals surface area contributed by atoms with E-state index in [2.05, 4.69) is 217 Å². The molecule has 0 N–H and O–H groups in total. The first-order valence-electron chi connectivity index (χ1n) is 21.7. The van der Waals surface area contributed by atoms with E-state index in [1.807, 2.05) is 0 Å². The van der Waals surface area contributed by atoms with Gasteiger partial charge >= 0.3 is 43.4 Å². The maximum atomic E-state index is 2.42. The van der Waals surface area contributed by atoms with Crippen LogP contribution in [0.25, 0.3) is 43.1 Å². The van der Waals surface area contributed by atoms with E-state index in [1.54, 1.807) is 10.6 Å². The van der Waals surface area contributed by atoms with Crippen molar-refractivity contribution in [1.82, 2.24) is 0 Å². The van der Waals surface area contributed by atoms with Crippen molar-refractivity contribution in [2.24, 2.45) is 23.7 Å². The second-order valence-corrected chi connectivity index (χ2v) is 22.8. The molecule has 6 heteroatoms. The van der Waals surface area contributed by atoms with Crippen molar-refractivity contribution < 1.29 is 68.2 Å². The predicted octanol–water partition coefficient (Wildman–Crippen LogP) is 10.3. The van der Waals surface area contributed by atoms with Crippen LogP contribution < -0.4 is 35.4 Å². The second kappa shape index (κ2) is 28.3. The number of fused-ring (bicyclic) bond motifs is 4. The maximum absolute atomic E-state index is 2.42. The molecule has 0 bridgehead atoms. The Hall–Kier alpha value is -1.81. The molecule has 0 nitrogen and oxygen atoms in total. The second-order valence-electron chi connectivity index (χ2n) is 18.2. The summed E-state index contributed by atoms with van der Waals surface area (Å²) in [4.78, 5) is 0. The molecule has 8 aromatic carbocycles. The first kappa shape index (κ1) is 58.2. The molecule has 328 valence electrons. The Kier molecular flexibility index (Phi) is 26.5. The van der Waals surface area contributed by atoms with Gasteiger partial charge in [-0.05, 0) is 62.2 Å². The SMILES string of the molecule is CC(C)CP(CC(C)C)c1cc2ccccc2[cH-]1.CC(C)CP(CC(C)C)c1cc2ccccc2[cH-]1.Cc1ccc(C)c2[cH-]ccc12.Cc1ccc(C)c2[cH-]ccc12.[Cl-].[Cl-].[Ti+2].[Ti+2]. The molecule has 0 aliphatic carbocycles. The van der Waals surface area contributed by atoms with E-state index in [1.165, 1.54) is 90.0 Å². The molecular formula is C56H70Cl2P2Ti2-2. The first-order chi connectivity index (χ1) is 27.7. The third-order valence-electron chi connectivity index (χ3n) is 10.8. The molecule has 0 atom stereocenters. The summed E-state index contributed by atoms with van der Waals surface area (Å²) < 4.78 is 0.